The zero-order valence-electron chi connectivity index (χ0n) is 13.3. The van der Waals surface area contributed by atoms with Crippen molar-refractivity contribution in [2.45, 2.75) is 51.2 Å². The van der Waals surface area contributed by atoms with Gasteiger partial charge in [0.2, 0.25) is 0 Å². The van der Waals surface area contributed by atoms with Crippen LogP contribution in [-0.2, 0) is 9.47 Å². The third-order valence-corrected chi connectivity index (χ3v) is 4.46. The van der Waals surface area contributed by atoms with E-state index in [0.29, 0.717) is 12.2 Å². The minimum atomic E-state index is 0.436. The number of hydrogen-bond acceptors (Lipinski definition) is 4. The van der Waals surface area contributed by atoms with Gasteiger partial charge in [-0.25, -0.2) is 0 Å². The van der Waals surface area contributed by atoms with E-state index in [0.717, 1.165) is 32.2 Å². The molecule has 0 spiro atoms. The van der Waals surface area contributed by atoms with E-state index < -0.39 is 0 Å². The van der Waals surface area contributed by atoms with Gasteiger partial charge in [-0.05, 0) is 51.1 Å². The van der Waals surface area contributed by atoms with Crippen LogP contribution < -0.4 is 5.32 Å². The van der Waals surface area contributed by atoms with Crippen molar-refractivity contribution in [3.05, 3.63) is 0 Å². The molecule has 2 fully saturated rings. The third-order valence-electron chi connectivity index (χ3n) is 4.46. The van der Waals surface area contributed by atoms with Gasteiger partial charge in [0, 0.05) is 26.7 Å². The quantitative estimate of drug-likeness (QED) is 0.690. The molecule has 2 saturated heterocycles. The molecule has 0 bridgehead atoms. The Morgan fingerprint density at radius 3 is 2.90 bits per heavy atom. The largest absolute Gasteiger partial charge is 0.384 e. The Labute approximate surface area is 124 Å². The van der Waals surface area contributed by atoms with E-state index >= 15 is 0 Å². The van der Waals surface area contributed by atoms with Crippen LogP contribution in [0.25, 0.3) is 0 Å². The molecule has 2 rings (SSSR count). The topological polar surface area (TPSA) is 33.7 Å². The zero-order valence-corrected chi connectivity index (χ0v) is 13.3. The molecular weight excluding hydrogens is 252 g/mol. The lowest BCUT2D eigenvalue weighted by atomic mass is 9.98. The van der Waals surface area contributed by atoms with Crippen LogP contribution >= 0.6 is 0 Å². The molecule has 4 nitrogen and oxygen atoms in total. The molecule has 0 radical (unpaired) electrons. The highest BCUT2D eigenvalue weighted by molar-refractivity contribution is 4.80. The number of methoxy groups -OCH3 is 1. The van der Waals surface area contributed by atoms with Gasteiger partial charge in [0.1, 0.15) is 0 Å². The van der Waals surface area contributed by atoms with Crippen LogP contribution in [0.5, 0.6) is 0 Å². The van der Waals surface area contributed by atoms with Gasteiger partial charge in [0.05, 0.1) is 18.8 Å². The van der Waals surface area contributed by atoms with E-state index in [2.05, 4.69) is 17.1 Å². The molecule has 0 aromatic rings. The maximum Gasteiger partial charge on any atom is 0.0707 e. The van der Waals surface area contributed by atoms with E-state index in [4.69, 9.17) is 9.47 Å². The van der Waals surface area contributed by atoms with E-state index in [1.165, 1.54) is 45.2 Å². The summed E-state index contributed by atoms with van der Waals surface area (Å²) in [7, 11) is 1.81. The minimum absolute atomic E-state index is 0.436. The van der Waals surface area contributed by atoms with Crippen molar-refractivity contribution in [2.24, 2.45) is 5.92 Å². The summed E-state index contributed by atoms with van der Waals surface area (Å²) in [5.41, 5.74) is 0. The molecule has 0 amide bonds. The minimum Gasteiger partial charge on any atom is -0.384 e. The predicted molar refractivity (Wildman–Crippen MR) is 82.1 cm³/mol. The number of ether oxygens (including phenoxy) is 2. The molecule has 3 unspecified atom stereocenters. The average Bonchev–Trinajstić information content (AvgIpc) is 2.87. The molecule has 3 atom stereocenters. The number of hydrogen-bond donors (Lipinski definition) is 1. The summed E-state index contributed by atoms with van der Waals surface area (Å²) >= 11 is 0. The Bertz CT molecular complexity index is 261. The van der Waals surface area contributed by atoms with Gasteiger partial charge in [-0.1, -0.05) is 6.92 Å². The average molecular weight is 284 g/mol. The Hall–Kier alpha value is -0.160. The highest BCUT2D eigenvalue weighted by atomic mass is 16.5. The Balaban J connectivity index is 1.64. The summed E-state index contributed by atoms with van der Waals surface area (Å²) in [5.74, 6) is 0.720. The smallest absolute Gasteiger partial charge is 0.0707 e. The fourth-order valence-electron chi connectivity index (χ4n) is 3.48. The highest BCUT2D eigenvalue weighted by Gasteiger charge is 2.28. The first kappa shape index (κ1) is 16.2. The third kappa shape index (κ3) is 5.32. The molecule has 0 aromatic carbocycles. The first-order chi connectivity index (χ1) is 9.81. The fraction of sp³-hybridized carbons (Fsp3) is 1.00. The predicted octanol–water partition coefficient (Wildman–Crippen LogP) is 1.89. The molecule has 0 aliphatic carbocycles. The van der Waals surface area contributed by atoms with Crippen molar-refractivity contribution in [1.29, 1.82) is 0 Å². The van der Waals surface area contributed by atoms with Gasteiger partial charge in [0.25, 0.3) is 0 Å². The summed E-state index contributed by atoms with van der Waals surface area (Å²) < 4.78 is 11.5. The fourth-order valence-corrected chi connectivity index (χ4v) is 3.48. The first-order valence-corrected chi connectivity index (χ1v) is 8.39. The van der Waals surface area contributed by atoms with Crippen LogP contribution in [0.4, 0.5) is 0 Å². The first-order valence-electron chi connectivity index (χ1n) is 8.39. The Morgan fingerprint density at radius 1 is 1.25 bits per heavy atom. The lowest BCUT2D eigenvalue weighted by Crippen LogP contribution is -2.41. The summed E-state index contributed by atoms with van der Waals surface area (Å²) in [5, 5.41) is 3.47. The van der Waals surface area contributed by atoms with E-state index in [9.17, 15) is 0 Å². The maximum absolute atomic E-state index is 6.17. The SMILES string of the molecule is CCCNCC1CCC(CN2CCCC(COC)C2)O1. The molecular formula is C16H32N2O2. The Kier molecular flexibility index (Phi) is 7.28. The van der Waals surface area contributed by atoms with Gasteiger partial charge in [-0.2, -0.15) is 0 Å². The molecule has 2 heterocycles. The van der Waals surface area contributed by atoms with Gasteiger partial charge >= 0.3 is 0 Å². The second kappa shape index (κ2) is 8.98. The van der Waals surface area contributed by atoms with Crippen LogP contribution in [-0.4, -0.2) is 63.5 Å². The van der Waals surface area contributed by atoms with Crippen LogP contribution in [0.1, 0.15) is 39.0 Å². The molecule has 1 N–H and O–H groups in total. The lowest BCUT2D eigenvalue weighted by molar-refractivity contribution is 0.00883. The number of nitrogens with one attached hydrogen (secondary N) is 1. The summed E-state index contributed by atoms with van der Waals surface area (Å²) in [4.78, 5) is 2.58. The summed E-state index contributed by atoms with van der Waals surface area (Å²) in [6.07, 6.45) is 7.16. The normalized spacial score (nSPS) is 31.8. The molecule has 4 heteroatoms. The van der Waals surface area contributed by atoms with Crippen LogP contribution in [0.2, 0.25) is 0 Å². The van der Waals surface area contributed by atoms with Crippen LogP contribution in [0, 0.1) is 5.92 Å². The van der Waals surface area contributed by atoms with Gasteiger partial charge in [0.15, 0.2) is 0 Å². The van der Waals surface area contributed by atoms with Crippen molar-refractivity contribution < 1.29 is 9.47 Å². The number of nitrogens with zero attached hydrogens (tertiary/aromatic N) is 1. The van der Waals surface area contributed by atoms with Gasteiger partial charge in [-0.15, -0.1) is 0 Å². The maximum atomic E-state index is 6.17. The Morgan fingerprint density at radius 2 is 2.10 bits per heavy atom. The molecule has 20 heavy (non-hydrogen) atoms. The highest BCUT2D eigenvalue weighted by Crippen LogP contribution is 2.23. The van der Waals surface area contributed by atoms with E-state index in [1.54, 1.807) is 0 Å². The molecule has 2 aliphatic heterocycles. The van der Waals surface area contributed by atoms with E-state index in [-0.39, 0.29) is 0 Å². The van der Waals surface area contributed by atoms with Crippen LogP contribution in [0.3, 0.4) is 0 Å². The summed E-state index contributed by atoms with van der Waals surface area (Å²) in [6.45, 7) is 8.78. The van der Waals surface area contributed by atoms with Crippen molar-refractivity contribution in [1.82, 2.24) is 10.2 Å². The molecule has 0 saturated carbocycles. The van der Waals surface area contributed by atoms with Crippen molar-refractivity contribution >= 4 is 0 Å². The molecule has 0 aromatic heterocycles. The monoisotopic (exact) mass is 284 g/mol. The number of piperidine rings is 1. The number of rotatable bonds is 8. The molecule has 118 valence electrons. The van der Waals surface area contributed by atoms with Gasteiger partial charge < -0.3 is 19.7 Å². The van der Waals surface area contributed by atoms with E-state index in [1.807, 2.05) is 7.11 Å². The second-order valence-electron chi connectivity index (χ2n) is 6.38. The second-order valence-corrected chi connectivity index (χ2v) is 6.38. The van der Waals surface area contributed by atoms with Crippen LogP contribution in [0.15, 0.2) is 0 Å². The van der Waals surface area contributed by atoms with Crippen molar-refractivity contribution in [3.8, 4) is 0 Å². The summed E-state index contributed by atoms with van der Waals surface area (Å²) in [6, 6.07) is 0. The standard InChI is InChI=1S/C16H32N2O2/c1-3-8-17-10-15-6-7-16(20-15)12-18-9-4-5-14(11-18)13-19-2/h14-17H,3-13H2,1-2H3. The molecule has 2 aliphatic rings. The lowest BCUT2D eigenvalue weighted by Gasteiger charge is -2.33. The zero-order chi connectivity index (χ0) is 14.2. The van der Waals surface area contributed by atoms with Gasteiger partial charge in [-0.3, -0.25) is 0 Å². The van der Waals surface area contributed by atoms with Crippen molar-refractivity contribution in [3.63, 3.8) is 0 Å². The number of likely N-dealkylation sites (tertiary alicyclic amines) is 1. The van der Waals surface area contributed by atoms with Crippen molar-refractivity contribution in [2.75, 3.05) is 46.4 Å².